The molecule has 1 heterocycles. The van der Waals surface area contributed by atoms with Gasteiger partial charge in [-0.3, -0.25) is 4.79 Å². The van der Waals surface area contributed by atoms with Crippen LogP contribution in [0.2, 0.25) is 0 Å². The molecule has 3 rings (SSSR count). The molecule has 112 valence electrons. The van der Waals surface area contributed by atoms with E-state index in [9.17, 15) is 10.1 Å². The summed E-state index contributed by atoms with van der Waals surface area (Å²) in [7, 11) is 0. The minimum atomic E-state index is -0.111. The van der Waals surface area contributed by atoms with Crippen LogP contribution < -0.4 is 5.32 Å². The van der Waals surface area contributed by atoms with E-state index in [1.165, 1.54) is 18.3 Å². The van der Waals surface area contributed by atoms with E-state index in [2.05, 4.69) is 16.4 Å². The Balaban J connectivity index is 1.92. The van der Waals surface area contributed by atoms with Gasteiger partial charge in [0.1, 0.15) is 11.1 Å². The number of rotatable bonds is 3. The van der Waals surface area contributed by atoms with Crippen LogP contribution in [0.1, 0.15) is 17.5 Å². The number of para-hydroxylation sites is 1. The number of nitrogens with zero attached hydrogens (tertiary/aromatic N) is 2. The molecule has 0 aliphatic heterocycles. The fourth-order valence-corrected chi connectivity index (χ4v) is 3.09. The molecular formula is C18H13N3OS. The number of hydrogen-bond donors (Lipinski definition) is 1. The molecule has 0 spiro atoms. The molecule has 3 aromatic rings. The lowest BCUT2D eigenvalue weighted by Crippen LogP contribution is -2.05. The van der Waals surface area contributed by atoms with Gasteiger partial charge in [-0.2, -0.15) is 5.26 Å². The summed E-state index contributed by atoms with van der Waals surface area (Å²) in [5, 5.41) is 12.9. The highest BCUT2D eigenvalue weighted by atomic mass is 32.1. The normalized spacial score (nSPS) is 11.2. The molecule has 1 N–H and O–H groups in total. The van der Waals surface area contributed by atoms with Crippen molar-refractivity contribution in [1.29, 1.82) is 5.26 Å². The van der Waals surface area contributed by atoms with Crippen molar-refractivity contribution in [2.75, 3.05) is 5.32 Å². The van der Waals surface area contributed by atoms with E-state index in [4.69, 9.17) is 0 Å². The molecule has 0 aliphatic rings. The summed E-state index contributed by atoms with van der Waals surface area (Å²) in [6.45, 7) is 1.47. The maximum absolute atomic E-state index is 11.0. The van der Waals surface area contributed by atoms with Crippen molar-refractivity contribution in [2.24, 2.45) is 0 Å². The number of allylic oxidation sites excluding steroid dienone is 1. The molecule has 0 atom stereocenters. The van der Waals surface area contributed by atoms with Gasteiger partial charge in [0.2, 0.25) is 5.91 Å². The Morgan fingerprint density at radius 2 is 1.96 bits per heavy atom. The minimum Gasteiger partial charge on any atom is -0.326 e. The van der Waals surface area contributed by atoms with Crippen molar-refractivity contribution in [2.45, 2.75) is 6.92 Å². The van der Waals surface area contributed by atoms with Crippen LogP contribution in [-0.2, 0) is 4.79 Å². The molecule has 4 nitrogen and oxygen atoms in total. The number of amides is 1. The minimum absolute atomic E-state index is 0.111. The van der Waals surface area contributed by atoms with Gasteiger partial charge in [-0.05, 0) is 35.9 Å². The Morgan fingerprint density at radius 3 is 2.61 bits per heavy atom. The lowest BCUT2D eigenvalue weighted by Gasteiger charge is -2.02. The smallest absolute Gasteiger partial charge is 0.221 e. The summed E-state index contributed by atoms with van der Waals surface area (Å²) in [5.74, 6) is -0.111. The number of carbonyl (C=O) groups is 1. The van der Waals surface area contributed by atoms with E-state index in [1.54, 1.807) is 18.2 Å². The van der Waals surface area contributed by atoms with Gasteiger partial charge in [0.15, 0.2) is 0 Å². The number of aromatic nitrogens is 1. The number of nitrogens with one attached hydrogen (secondary N) is 1. The molecule has 1 amide bonds. The SMILES string of the molecule is CC(=O)Nc1ccc(C=C(C#N)c2nc3ccccc3s2)cc1. The largest absolute Gasteiger partial charge is 0.326 e. The predicted molar refractivity (Wildman–Crippen MR) is 93.8 cm³/mol. The maximum Gasteiger partial charge on any atom is 0.221 e. The first-order valence-corrected chi connectivity index (χ1v) is 7.83. The molecule has 5 heteroatoms. The first-order valence-electron chi connectivity index (χ1n) is 7.01. The first-order chi connectivity index (χ1) is 11.2. The first kappa shape index (κ1) is 14.9. The van der Waals surface area contributed by atoms with Crippen LogP contribution in [0.4, 0.5) is 5.69 Å². The quantitative estimate of drug-likeness (QED) is 0.731. The monoisotopic (exact) mass is 319 g/mol. The number of carbonyl (C=O) groups excluding carboxylic acids is 1. The van der Waals surface area contributed by atoms with Crippen LogP contribution in [0, 0.1) is 11.3 Å². The topological polar surface area (TPSA) is 65.8 Å². The second-order valence-electron chi connectivity index (χ2n) is 4.96. The fourth-order valence-electron chi connectivity index (χ4n) is 2.16. The Bertz CT molecular complexity index is 900. The maximum atomic E-state index is 11.0. The zero-order valence-electron chi connectivity index (χ0n) is 12.4. The second-order valence-corrected chi connectivity index (χ2v) is 5.99. The lowest BCUT2D eigenvalue weighted by molar-refractivity contribution is -0.114. The molecule has 2 aromatic carbocycles. The van der Waals surface area contributed by atoms with Crippen LogP contribution in [0.25, 0.3) is 21.9 Å². The van der Waals surface area contributed by atoms with Crippen molar-refractivity contribution in [3.63, 3.8) is 0 Å². The van der Waals surface area contributed by atoms with Crippen molar-refractivity contribution in [1.82, 2.24) is 4.98 Å². The molecule has 0 radical (unpaired) electrons. The van der Waals surface area contributed by atoms with E-state index in [1.807, 2.05) is 36.4 Å². The summed E-state index contributed by atoms with van der Waals surface area (Å²) in [5.41, 5.74) is 3.04. The van der Waals surface area contributed by atoms with Gasteiger partial charge in [0.05, 0.1) is 15.8 Å². The van der Waals surface area contributed by atoms with Gasteiger partial charge >= 0.3 is 0 Å². The van der Waals surface area contributed by atoms with E-state index in [0.717, 1.165) is 21.5 Å². The Kier molecular flexibility index (Phi) is 4.18. The zero-order chi connectivity index (χ0) is 16.2. The Morgan fingerprint density at radius 1 is 1.22 bits per heavy atom. The zero-order valence-corrected chi connectivity index (χ0v) is 13.2. The number of benzene rings is 2. The second kappa shape index (κ2) is 6.42. The average molecular weight is 319 g/mol. The number of fused-ring (bicyclic) bond motifs is 1. The number of nitriles is 1. The standard InChI is InChI=1S/C18H13N3OS/c1-12(22)20-15-8-6-13(7-9-15)10-14(11-19)18-21-16-4-2-3-5-17(16)23-18/h2-10H,1H3,(H,20,22). The van der Waals surface area contributed by atoms with Crippen LogP contribution in [-0.4, -0.2) is 10.9 Å². The molecule has 0 fully saturated rings. The Labute approximate surface area is 137 Å². The molecule has 0 aliphatic carbocycles. The molecule has 0 saturated carbocycles. The molecule has 1 aromatic heterocycles. The molecule has 0 unspecified atom stereocenters. The summed E-state index contributed by atoms with van der Waals surface area (Å²) >= 11 is 1.50. The van der Waals surface area contributed by atoms with E-state index < -0.39 is 0 Å². The molecule has 0 bridgehead atoms. The van der Waals surface area contributed by atoms with E-state index in [-0.39, 0.29) is 5.91 Å². The summed E-state index contributed by atoms with van der Waals surface area (Å²) < 4.78 is 1.06. The van der Waals surface area contributed by atoms with Crippen LogP contribution in [0.15, 0.2) is 48.5 Å². The highest BCUT2D eigenvalue weighted by Crippen LogP contribution is 2.28. The third-order valence-electron chi connectivity index (χ3n) is 3.19. The summed E-state index contributed by atoms with van der Waals surface area (Å²) in [6, 6.07) is 17.4. The number of hydrogen-bond acceptors (Lipinski definition) is 4. The van der Waals surface area contributed by atoms with Crippen molar-refractivity contribution in [3.8, 4) is 6.07 Å². The van der Waals surface area contributed by atoms with Gasteiger partial charge in [0, 0.05) is 12.6 Å². The average Bonchev–Trinajstić information content (AvgIpc) is 2.97. The van der Waals surface area contributed by atoms with Crippen LogP contribution in [0.3, 0.4) is 0 Å². The molecular weight excluding hydrogens is 306 g/mol. The third kappa shape index (κ3) is 3.44. The van der Waals surface area contributed by atoms with E-state index in [0.29, 0.717) is 10.6 Å². The van der Waals surface area contributed by atoms with Gasteiger partial charge in [0.25, 0.3) is 0 Å². The van der Waals surface area contributed by atoms with Crippen molar-refractivity contribution >= 4 is 44.8 Å². The van der Waals surface area contributed by atoms with Gasteiger partial charge < -0.3 is 5.32 Å². The molecule has 0 saturated heterocycles. The third-order valence-corrected chi connectivity index (χ3v) is 4.26. The number of thiazole rings is 1. The summed E-state index contributed by atoms with van der Waals surface area (Å²) in [6.07, 6.45) is 1.80. The van der Waals surface area contributed by atoms with Crippen molar-refractivity contribution < 1.29 is 4.79 Å². The Hall–Kier alpha value is -2.97. The van der Waals surface area contributed by atoms with Gasteiger partial charge in [-0.1, -0.05) is 24.3 Å². The van der Waals surface area contributed by atoms with Gasteiger partial charge in [-0.25, -0.2) is 4.98 Å². The highest BCUT2D eigenvalue weighted by molar-refractivity contribution is 7.19. The summed E-state index contributed by atoms with van der Waals surface area (Å²) in [4.78, 5) is 15.5. The van der Waals surface area contributed by atoms with Crippen molar-refractivity contribution in [3.05, 3.63) is 59.1 Å². The highest BCUT2D eigenvalue weighted by Gasteiger charge is 2.08. The fraction of sp³-hybridized carbons (Fsp3) is 0.0556. The van der Waals surface area contributed by atoms with Crippen LogP contribution in [0.5, 0.6) is 0 Å². The van der Waals surface area contributed by atoms with Crippen LogP contribution >= 0.6 is 11.3 Å². The predicted octanol–water partition coefficient (Wildman–Crippen LogP) is 4.32. The molecule has 23 heavy (non-hydrogen) atoms. The van der Waals surface area contributed by atoms with Gasteiger partial charge in [-0.15, -0.1) is 11.3 Å². The number of anilines is 1. The lowest BCUT2D eigenvalue weighted by atomic mass is 10.1. The van der Waals surface area contributed by atoms with E-state index >= 15 is 0 Å².